The van der Waals surface area contributed by atoms with Crippen molar-refractivity contribution in [1.29, 1.82) is 0 Å². The first-order chi connectivity index (χ1) is 16.3. The number of anilines is 1. The number of fused-ring (bicyclic) bond motifs is 1. The van der Waals surface area contributed by atoms with Gasteiger partial charge in [0.05, 0.1) is 11.3 Å². The maximum Gasteiger partial charge on any atom is 0.259 e. The average Bonchev–Trinajstić information content (AvgIpc) is 3.04. The average molecular weight is 468 g/mol. The number of phenolic OH excluding ortho intramolecular Hbond substituents is 1. The molecular formula is C31H33NO3. The van der Waals surface area contributed by atoms with Gasteiger partial charge in [0.15, 0.2) is 5.78 Å². The molecule has 1 N–H and O–H groups in total. The van der Waals surface area contributed by atoms with E-state index >= 15 is 0 Å². The maximum atomic E-state index is 14.1. The quantitative estimate of drug-likeness (QED) is 0.342. The number of phenols is 1. The lowest BCUT2D eigenvalue weighted by Gasteiger charge is -2.29. The molecule has 3 aromatic carbocycles. The second-order valence-corrected chi connectivity index (χ2v) is 11.2. The second kappa shape index (κ2) is 8.53. The highest BCUT2D eigenvalue weighted by atomic mass is 16.3. The van der Waals surface area contributed by atoms with Gasteiger partial charge in [-0.15, -0.1) is 0 Å². The Morgan fingerprint density at radius 2 is 1.29 bits per heavy atom. The minimum Gasteiger partial charge on any atom is -0.507 e. The summed E-state index contributed by atoms with van der Waals surface area (Å²) in [6.07, 6.45) is 0. The summed E-state index contributed by atoms with van der Waals surface area (Å²) < 4.78 is 0. The predicted molar refractivity (Wildman–Crippen MR) is 143 cm³/mol. The lowest BCUT2D eigenvalue weighted by atomic mass is 9.76. The molecule has 0 unspecified atom stereocenters. The highest BCUT2D eigenvalue weighted by Crippen LogP contribution is 2.45. The van der Waals surface area contributed by atoms with Gasteiger partial charge < -0.3 is 10.0 Å². The zero-order valence-corrected chi connectivity index (χ0v) is 21.6. The lowest BCUT2D eigenvalue weighted by Crippen LogP contribution is -2.22. The van der Waals surface area contributed by atoms with Gasteiger partial charge in [-0.25, -0.2) is 0 Å². The van der Waals surface area contributed by atoms with Crippen LogP contribution in [0.15, 0.2) is 66.7 Å². The Morgan fingerprint density at radius 3 is 1.83 bits per heavy atom. The van der Waals surface area contributed by atoms with E-state index in [4.69, 9.17) is 0 Å². The molecule has 0 aliphatic carbocycles. The van der Waals surface area contributed by atoms with Crippen molar-refractivity contribution in [3.8, 4) is 5.75 Å². The zero-order valence-electron chi connectivity index (χ0n) is 21.6. The van der Waals surface area contributed by atoms with Crippen LogP contribution < -0.4 is 4.90 Å². The molecule has 1 heterocycles. The van der Waals surface area contributed by atoms with Crippen LogP contribution in [0.4, 0.5) is 5.69 Å². The van der Waals surface area contributed by atoms with Crippen molar-refractivity contribution in [3.05, 3.63) is 94.5 Å². The first kappa shape index (κ1) is 24.5. The van der Waals surface area contributed by atoms with Crippen molar-refractivity contribution in [2.45, 2.75) is 52.4 Å². The van der Waals surface area contributed by atoms with Crippen LogP contribution in [-0.2, 0) is 15.6 Å². The Kier molecular flexibility index (Phi) is 5.96. The Balaban J connectivity index is 2.14. The standard InChI is InChI=1S/C31H33NO3/c1-30(2,3)22-17-20(18-23(28(22)34)31(4,5)6)25(27(33)19-13-9-8-10-14-19)26-21-15-11-12-16-24(21)32(7)29(26)35/h8-18,34H,1-7H3/b26-25-. The number of rotatable bonds is 3. The van der Waals surface area contributed by atoms with Crippen LogP contribution in [0.2, 0.25) is 0 Å². The Hall–Kier alpha value is -3.66. The van der Waals surface area contributed by atoms with E-state index in [0.717, 1.165) is 22.4 Å². The third-order valence-electron chi connectivity index (χ3n) is 6.58. The van der Waals surface area contributed by atoms with E-state index in [9.17, 15) is 14.7 Å². The minimum absolute atomic E-state index is 0.215. The largest absolute Gasteiger partial charge is 0.507 e. The molecule has 0 radical (unpaired) electrons. The van der Waals surface area contributed by atoms with Crippen molar-refractivity contribution in [3.63, 3.8) is 0 Å². The Morgan fingerprint density at radius 1 is 0.771 bits per heavy atom. The summed E-state index contributed by atoms with van der Waals surface area (Å²) in [5.41, 5.74) is 4.14. The molecule has 0 aromatic heterocycles. The van der Waals surface area contributed by atoms with Gasteiger partial charge in [-0.05, 0) is 34.6 Å². The van der Waals surface area contributed by atoms with Crippen LogP contribution in [0.25, 0.3) is 11.1 Å². The van der Waals surface area contributed by atoms with Crippen LogP contribution in [0.1, 0.15) is 74.2 Å². The fraction of sp³-hybridized carbons (Fsp3) is 0.290. The number of allylic oxidation sites excluding steroid dienone is 1. The van der Waals surface area contributed by atoms with E-state index in [0.29, 0.717) is 22.3 Å². The van der Waals surface area contributed by atoms with Crippen LogP contribution in [0, 0.1) is 0 Å². The van der Waals surface area contributed by atoms with E-state index in [1.807, 2.05) is 96.1 Å². The second-order valence-electron chi connectivity index (χ2n) is 11.2. The molecule has 4 rings (SSSR count). The van der Waals surface area contributed by atoms with Gasteiger partial charge in [-0.1, -0.05) is 90.1 Å². The number of likely N-dealkylation sites (N-methyl/N-ethyl adjacent to an activating group) is 1. The maximum absolute atomic E-state index is 14.1. The molecule has 0 fully saturated rings. The van der Waals surface area contributed by atoms with E-state index in [2.05, 4.69) is 0 Å². The number of para-hydroxylation sites is 1. The topological polar surface area (TPSA) is 57.6 Å². The molecular weight excluding hydrogens is 434 g/mol. The molecule has 0 saturated heterocycles. The highest BCUT2D eigenvalue weighted by molar-refractivity contribution is 6.48. The van der Waals surface area contributed by atoms with Gasteiger partial charge in [-0.3, -0.25) is 9.59 Å². The number of aromatic hydroxyl groups is 1. The monoisotopic (exact) mass is 467 g/mol. The Labute approximate surface area is 207 Å². The number of hydrogen-bond donors (Lipinski definition) is 1. The molecule has 1 aliphatic heterocycles. The van der Waals surface area contributed by atoms with Gasteiger partial charge in [0, 0.05) is 34.9 Å². The van der Waals surface area contributed by atoms with E-state index in [1.54, 1.807) is 24.1 Å². The molecule has 180 valence electrons. The molecule has 4 nitrogen and oxygen atoms in total. The number of benzene rings is 3. The van der Waals surface area contributed by atoms with Crippen molar-refractivity contribution >= 4 is 28.5 Å². The molecule has 0 saturated carbocycles. The summed E-state index contributed by atoms with van der Waals surface area (Å²) in [6, 6.07) is 20.4. The highest BCUT2D eigenvalue weighted by Gasteiger charge is 2.36. The predicted octanol–water partition coefficient (Wildman–Crippen LogP) is 6.76. The van der Waals surface area contributed by atoms with Gasteiger partial charge >= 0.3 is 0 Å². The molecule has 4 heteroatoms. The third-order valence-corrected chi connectivity index (χ3v) is 6.58. The summed E-state index contributed by atoms with van der Waals surface area (Å²) >= 11 is 0. The molecule has 35 heavy (non-hydrogen) atoms. The van der Waals surface area contributed by atoms with Crippen molar-refractivity contribution in [2.24, 2.45) is 0 Å². The fourth-order valence-electron chi connectivity index (χ4n) is 4.66. The smallest absolute Gasteiger partial charge is 0.259 e. The Bertz CT molecular complexity index is 1320. The summed E-state index contributed by atoms with van der Waals surface area (Å²) in [7, 11) is 1.73. The zero-order chi connectivity index (χ0) is 25.7. The summed E-state index contributed by atoms with van der Waals surface area (Å²) in [4.78, 5) is 29.3. The molecule has 3 aromatic rings. The van der Waals surface area contributed by atoms with Crippen molar-refractivity contribution in [1.82, 2.24) is 0 Å². The number of ketones is 1. The summed E-state index contributed by atoms with van der Waals surface area (Å²) in [5.74, 6) is -0.196. The fourth-order valence-corrected chi connectivity index (χ4v) is 4.66. The SMILES string of the molecule is CN1C(=O)/C(=C(\C(=O)c2ccccc2)c2cc(C(C)(C)C)c(O)c(C(C)(C)C)c2)c2ccccc21. The molecule has 1 aliphatic rings. The lowest BCUT2D eigenvalue weighted by molar-refractivity contribution is -0.112. The first-order valence-electron chi connectivity index (χ1n) is 11.9. The van der Waals surface area contributed by atoms with E-state index in [1.165, 1.54) is 0 Å². The van der Waals surface area contributed by atoms with Crippen molar-refractivity contribution in [2.75, 3.05) is 11.9 Å². The van der Waals surface area contributed by atoms with E-state index < -0.39 is 0 Å². The van der Waals surface area contributed by atoms with Gasteiger partial charge in [-0.2, -0.15) is 0 Å². The normalized spacial score (nSPS) is 15.3. The number of hydrogen-bond acceptors (Lipinski definition) is 3. The molecule has 0 bridgehead atoms. The minimum atomic E-state index is -0.375. The number of carbonyl (C=O) groups excluding carboxylic acids is 2. The number of Topliss-reactive ketones (excluding diaryl/α,β-unsaturated/α-hetero) is 1. The number of carbonyl (C=O) groups is 2. The number of amides is 1. The summed E-state index contributed by atoms with van der Waals surface area (Å²) in [5, 5.41) is 11.3. The van der Waals surface area contributed by atoms with Crippen molar-refractivity contribution < 1.29 is 14.7 Å². The first-order valence-corrected chi connectivity index (χ1v) is 11.9. The van der Waals surface area contributed by atoms with Crippen LogP contribution in [0.3, 0.4) is 0 Å². The van der Waals surface area contributed by atoms with Gasteiger partial charge in [0.1, 0.15) is 5.75 Å². The molecule has 1 amide bonds. The van der Waals surface area contributed by atoms with Crippen LogP contribution >= 0.6 is 0 Å². The van der Waals surface area contributed by atoms with E-state index in [-0.39, 0.29) is 28.3 Å². The third kappa shape index (κ3) is 4.29. The number of nitrogens with zero attached hydrogens (tertiary/aromatic N) is 1. The van der Waals surface area contributed by atoms with Gasteiger partial charge in [0.2, 0.25) is 0 Å². The van der Waals surface area contributed by atoms with Crippen LogP contribution in [-0.4, -0.2) is 23.8 Å². The molecule has 0 spiro atoms. The van der Waals surface area contributed by atoms with Crippen LogP contribution in [0.5, 0.6) is 5.75 Å². The molecule has 0 atom stereocenters. The van der Waals surface area contributed by atoms with Gasteiger partial charge in [0.25, 0.3) is 5.91 Å². The summed E-state index contributed by atoms with van der Waals surface area (Å²) in [6.45, 7) is 12.2.